The summed E-state index contributed by atoms with van der Waals surface area (Å²) in [5.74, 6) is 1.05. The summed E-state index contributed by atoms with van der Waals surface area (Å²) in [6.07, 6.45) is 2.85. The van der Waals surface area contributed by atoms with Gasteiger partial charge in [0.1, 0.15) is 12.4 Å². The zero-order valence-corrected chi connectivity index (χ0v) is 15.4. The van der Waals surface area contributed by atoms with Crippen molar-refractivity contribution in [1.82, 2.24) is 4.90 Å². The average Bonchev–Trinajstić information content (AvgIpc) is 3.34. The molecule has 3 heterocycles. The largest absolute Gasteiger partial charge is 0.493 e. The average molecular weight is 364 g/mol. The summed E-state index contributed by atoms with van der Waals surface area (Å²) in [5, 5.41) is 0. The number of rotatable bonds is 4. The molecule has 1 fully saturated rings. The van der Waals surface area contributed by atoms with E-state index in [1.54, 1.807) is 4.90 Å². The zero-order valence-electron chi connectivity index (χ0n) is 15.4. The molecule has 5 nitrogen and oxygen atoms in total. The van der Waals surface area contributed by atoms with E-state index in [0.717, 1.165) is 56.9 Å². The lowest BCUT2D eigenvalue weighted by atomic mass is 9.96. The van der Waals surface area contributed by atoms with Crippen molar-refractivity contribution >= 4 is 11.8 Å². The lowest BCUT2D eigenvalue weighted by Gasteiger charge is -2.31. The number of anilines is 1. The second-order valence-corrected chi connectivity index (χ2v) is 7.50. The maximum absolute atomic E-state index is 11.9. The van der Waals surface area contributed by atoms with Crippen LogP contribution in [0.4, 0.5) is 10.5 Å². The maximum Gasteiger partial charge on any atom is 0.414 e. The Labute approximate surface area is 159 Å². The van der Waals surface area contributed by atoms with E-state index in [0.29, 0.717) is 13.2 Å². The van der Waals surface area contributed by atoms with Gasteiger partial charge in [-0.05, 0) is 47.2 Å². The van der Waals surface area contributed by atoms with Crippen LogP contribution in [0.2, 0.25) is 0 Å². The molecule has 0 N–H and O–H groups in total. The number of hydrogen-bond acceptors (Lipinski definition) is 4. The lowest BCUT2D eigenvalue weighted by Crippen LogP contribution is -2.34. The highest BCUT2D eigenvalue weighted by molar-refractivity contribution is 5.90. The standard InChI is InChI=1S/C22H24N2O3/c25-22-24(11-13-27-22)20-3-1-2-18-15-23(10-7-19(18)20)9-6-16-4-5-21-17(14-16)8-12-26-21/h1-5,14H,6-13,15H2. The fourth-order valence-corrected chi connectivity index (χ4v) is 4.39. The highest BCUT2D eigenvalue weighted by Gasteiger charge is 2.28. The van der Waals surface area contributed by atoms with Crippen molar-refractivity contribution < 1.29 is 14.3 Å². The Kier molecular flexibility index (Phi) is 4.24. The molecule has 0 unspecified atom stereocenters. The van der Waals surface area contributed by atoms with Crippen LogP contribution in [0.5, 0.6) is 5.75 Å². The Hall–Kier alpha value is -2.53. The second kappa shape index (κ2) is 6.89. The molecule has 27 heavy (non-hydrogen) atoms. The summed E-state index contributed by atoms with van der Waals surface area (Å²) in [6.45, 7) is 4.98. The van der Waals surface area contributed by atoms with Gasteiger partial charge in [0.05, 0.1) is 18.8 Å². The molecule has 0 spiro atoms. The monoisotopic (exact) mass is 364 g/mol. The van der Waals surface area contributed by atoms with Crippen molar-refractivity contribution in [2.45, 2.75) is 25.8 Å². The van der Waals surface area contributed by atoms with Gasteiger partial charge >= 0.3 is 6.09 Å². The Morgan fingerprint density at radius 2 is 1.93 bits per heavy atom. The molecule has 0 atom stereocenters. The zero-order chi connectivity index (χ0) is 18.2. The smallest absolute Gasteiger partial charge is 0.414 e. The molecule has 0 aliphatic carbocycles. The third-order valence-corrected chi connectivity index (χ3v) is 5.84. The third kappa shape index (κ3) is 3.16. The van der Waals surface area contributed by atoms with Gasteiger partial charge in [-0.15, -0.1) is 0 Å². The molecule has 0 saturated carbocycles. The molecule has 5 rings (SSSR count). The van der Waals surface area contributed by atoms with Crippen molar-refractivity contribution in [1.29, 1.82) is 0 Å². The van der Waals surface area contributed by atoms with Crippen molar-refractivity contribution in [2.24, 2.45) is 0 Å². The van der Waals surface area contributed by atoms with Gasteiger partial charge in [-0.1, -0.05) is 24.3 Å². The summed E-state index contributed by atoms with van der Waals surface area (Å²) < 4.78 is 10.7. The first kappa shape index (κ1) is 16.6. The molecule has 1 amide bonds. The van der Waals surface area contributed by atoms with E-state index in [1.165, 1.54) is 22.3 Å². The minimum Gasteiger partial charge on any atom is -0.493 e. The van der Waals surface area contributed by atoms with Gasteiger partial charge in [0.2, 0.25) is 0 Å². The van der Waals surface area contributed by atoms with Crippen LogP contribution >= 0.6 is 0 Å². The van der Waals surface area contributed by atoms with E-state index < -0.39 is 0 Å². The first-order chi connectivity index (χ1) is 13.3. The van der Waals surface area contributed by atoms with Crippen LogP contribution in [0, 0.1) is 0 Å². The SMILES string of the molecule is O=C1OCCN1c1cccc2c1CCN(CCc1ccc3c(c1)CCO3)C2. The van der Waals surface area contributed by atoms with Gasteiger partial charge in [0.25, 0.3) is 0 Å². The quantitative estimate of drug-likeness (QED) is 0.836. The van der Waals surface area contributed by atoms with Crippen LogP contribution in [-0.4, -0.2) is 43.8 Å². The fourth-order valence-electron chi connectivity index (χ4n) is 4.39. The molecule has 1 saturated heterocycles. The number of cyclic esters (lactones) is 1. The number of benzene rings is 2. The first-order valence-electron chi connectivity index (χ1n) is 9.80. The predicted octanol–water partition coefficient (Wildman–Crippen LogP) is 3.18. The number of carbonyl (C=O) groups excluding carboxylic acids is 1. The van der Waals surface area contributed by atoms with Gasteiger partial charge in [-0.25, -0.2) is 4.79 Å². The molecule has 3 aliphatic heterocycles. The molecular formula is C22H24N2O3. The van der Waals surface area contributed by atoms with Crippen LogP contribution < -0.4 is 9.64 Å². The van der Waals surface area contributed by atoms with Crippen LogP contribution in [0.25, 0.3) is 0 Å². The van der Waals surface area contributed by atoms with E-state index in [4.69, 9.17) is 9.47 Å². The summed E-state index contributed by atoms with van der Waals surface area (Å²) in [7, 11) is 0. The topological polar surface area (TPSA) is 42.0 Å². The normalized spacial score (nSPS) is 18.8. The number of amides is 1. The van der Waals surface area contributed by atoms with Crippen molar-refractivity contribution in [3.63, 3.8) is 0 Å². The van der Waals surface area contributed by atoms with Gasteiger partial charge in [-0.3, -0.25) is 9.80 Å². The highest BCUT2D eigenvalue weighted by atomic mass is 16.6. The molecule has 3 aliphatic rings. The molecule has 0 radical (unpaired) electrons. The molecule has 0 aromatic heterocycles. The van der Waals surface area contributed by atoms with E-state index in [-0.39, 0.29) is 6.09 Å². The minimum absolute atomic E-state index is 0.216. The van der Waals surface area contributed by atoms with E-state index in [9.17, 15) is 4.79 Å². The van der Waals surface area contributed by atoms with E-state index >= 15 is 0 Å². The molecular weight excluding hydrogens is 340 g/mol. The van der Waals surface area contributed by atoms with Crippen LogP contribution in [0.15, 0.2) is 36.4 Å². The van der Waals surface area contributed by atoms with E-state index in [2.05, 4.69) is 35.2 Å². The maximum atomic E-state index is 11.9. The number of fused-ring (bicyclic) bond motifs is 2. The summed E-state index contributed by atoms with van der Waals surface area (Å²) in [4.78, 5) is 16.2. The number of hydrogen-bond donors (Lipinski definition) is 0. The van der Waals surface area contributed by atoms with E-state index in [1.807, 2.05) is 6.07 Å². The first-order valence-corrected chi connectivity index (χ1v) is 9.80. The molecule has 2 aromatic rings. The molecule has 5 heteroatoms. The molecule has 0 bridgehead atoms. The second-order valence-electron chi connectivity index (χ2n) is 7.50. The number of nitrogens with zero attached hydrogens (tertiary/aromatic N) is 2. The van der Waals surface area contributed by atoms with Gasteiger partial charge in [0, 0.05) is 26.1 Å². The Bertz CT molecular complexity index is 880. The Balaban J connectivity index is 1.27. The summed E-state index contributed by atoms with van der Waals surface area (Å²) >= 11 is 0. The molecule has 140 valence electrons. The summed E-state index contributed by atoms with van der Waals surface area (Å²) in [6, 6.07) is 12.9. The highest BCUT2D eigenvalue weighted by Crippen LogP contribution is 2.31. The van der Waals surface area contributed by atoms with Gasteiger partial charge in [0.15, 0.2) is 0 Å². The van der Waals surface area contributed by atoms with Crippen LogP contribution in [0.1, 0.15) is 22.3 Å². The minimum atomic E-state index is -0.216. The third-order valence-electron chi connectivity index (χ3n) is 5.84. The predicted molar refractivity (Wildman–Crippen MR) is 103 cm³/mol. The van der Waals surface area contributed by atoms with Gasteiger partial charge < -0.3 is 9.47 Å². The van der Waals surface area contributed by atoms with Crippen molar-refractivity contribution in [2.75, 3.05) is 37.7 Å². The number of carbonyl (C=O) groups is 1. The van der Waals surface area contributed by atoms with Crippen molar-refractivity contribution in [3.8, 4) is 5.75 Å². The lowest BCUT2D eigenvalue weighted by molar-refractivity contribution is 0.181. The fraction of sp³-hybridized carbons (Fsp3) is 0.409. The van der Waals surface area contributed by atoms with Crippen LogP contribution in [-0.2, 0) is 30.5 Å². The van der Waals surface area contributed by atoms with Crippen molar-refractivity contribution in [3.05, 3.63) is 58.7 Å². The Morgan fingerprint density at radius 3 is 2.81 bits per heavy atom. The Morgan fingerprint density at radius 1 is 0.963 bits per heavy atom. The van der Waals surface area contributed by atoms with Crippen LogP contribution in [0.3, 0.4) is 0 Å². The van der Waals surface area contributed by atoms with Gasteiger partial charge in [-0.2, -0.15) is 0 Å². The molecule has 2 aromatic carbocycles. The summed E-state index contributed by atoms with van der Waals surface area (Å²) in [5.41, 5.74) is 6.41. The number of ether oxygens (including phenoxy) is 2.